The van der Waals surface area contributed by atoms with E-state index in [0.29, 0.717) is 5.76 Å². The van der Waals surface area contributed by atoms with Crippen molar-refractivity contribution in [3.63, 3.8) is 0 Å². The summed E-state index contributed by atoms with van der Waals surface area (Å²) < 4.78 is 11.0. The minimum Gasteiger partial charge on any atom is -0.507 e. The Labute approximate surface area is 159 Å². The molecule has 2 heterocycles. The van der Waals surface area contributed by atoms with Crippen LogP contribution in [0.2, 0.25) is 0 Å². The third-order valence-corrected chi connectivity index (χ3v) is 4.87. The Kier molecular flexibility index (Phi) is 5.55. The number of aromatic hydroxyl groups is 1. The minimum absolute atomic E-state index is 0.0468. The summed E-state index contributed by atoms with van der Waals surface area (Å²) in [7, 11) is 0. The van der Waals surface area contributed by atoms with Gasteiger partial charge in [-0.1, -0.05) is 0 Å². The lowest BCUT2D eigenvalue weighted by Crippen LogP contribution is -2.55. The number of fused-ring (bicyclic) bond motifs is 1. The summed E-state index contributed by atoms with van der Waals surface area (Å²) in [6.45, 7) is 2.20. The van der Waals surface area contributed by atoms with Gasteiger partial charge in [0.15, 0.2) is 5.43 Å². The Morgan fingerprint density at radius 1 is 1.14 bits per heavy atom. The SMILES string of the molecule is CC(=O)Cc1c(C2O[C@H](CO)[C@@H](O)[C@H](O)[C@H]2O)c(O)cc2oc(C)cc(=O)c12. The zero-order valence-corrected chi connectivity index (χ0v) is 15.3. The predicted octanol–water partition coefficient (Wildman–Crippen LogP) is -0.547. The highest BCUT2D eigenvalue weighted by atomic mass is 16.5. The highest BCUT2D eigenvalue weighted by molar-refractivity contribution is 5.90. The average molecular weight is 394 g/mol. The molecule has 0 saturated carbocycles. The molecule has 1 unspecified atom stereocenters. The molecule has 0 bridgehead atoms. The number of ether oxygens (including phenoxy) is 1. The number of aliphatic hydroxyl groups excluding tert-OH is 4. The summed E-state index contributed by atoms with van der Waals surface area (Å²) in [5.41, 5.74) is -0.357. The van der Waals surface area contributed by atoms with Gasteiger partial charge in [0.25, 0.3) is 0 Å². The summed E-state index contributed by atoms with van der Waals surface area (Å²) in [6, 6.07) is 2.41. The first-order valence-electron chi connectivity index (χ1n) is 8.74. The van der Waals surface area contributed by atoms with Crippen LogP contribution in [0, 0.1) is 6.92 Å². The zero-order chi connectivity index (χ0) is 20.7. The Morgan fingerprint density at radius 3 is 2.43 bits per heavy atom. The summed E-state index contributed by atoms with van der Waals surface area (Å²) >= 11 is 0. The molecule has 5 atom stereocenters. The van der Waals surface area contributed by atoms with E-state index >= 15 is 0 Å². The lowest BCUT2D eigenvalue weighted by molar-refractivity contribution is -0.232. The molecular weight excluding hydrogens is 372 g/mol. The predicted molar refractivity (Wildman–Crippen MR) is 96.0 cm³/mol. The molecule has 1 saturated heterocycles. The standard InChI is InChI=1S/C19H22O9/c1-7(21)3-9-14-10(22)4-8(2)27-12(14)5-11(23)15(9)19-18(26)17(25)16(24)13(6-20)28-19/h4-5,13,16-20,23-26H,3,6H2,1-2H3/t13-,16-,17+,18-,19?/m1/s1. The maximum atomic E-state index is 12.6. The van der Waals surface area contributed by atoms with E-state index in [1.54, 1.807) is 6.92 Å². The fraction of sp³-hybridized carbons (Fsp3) is 0.474. The van der Waals surface area contributed by atoms with Crippen LogP contribution in [0.4, 0.5) is 0 Å². The van der Waals surface area contributed by atoms with Crippen molar-refractivity contribution in [3.05, 3.63) is 39.2 Å². The number of aryl methyl sites for hydroxylation is 1. The third-order valence-electron chi connectivity index (χ3n) is 4.87. The largest absolute Gasteiger partial charge is 0.507 e. The molecule has 3 rings (SSSR count). The number of rotatable bonds is 4. The van der Waals surface area contributed by atoms with Gasteiger partial charge in [0.1, 0.15) is 53.4 Å². The van der Waals surface area contributed by atoms with Gasteiger partial charge in [-0.15, -0.1) is 0 Å². The molecule has 0 spiro atoms. The summed E-state index contributed by atoms with van der Waals surface area (Å²) in [4.78, 5) is 24.4. The van der Waals surface area contributed by atoms with E-state index in [2.05, 4.69) is 0 Å². The number of phenolic OH excluding ortho intramolecular Hbond substituents is 1. The molecule has 1 aromatic heterocycles. The van der Waals surface area contributed by atoms with Crippen LogP contribution in [0.25, 0.3) is 11.0 Å². The molecule has 2 aromatic rings. The Morgan fingerprint density at radius 2 is 1.82 bits per heavy atom. The molecule has 28 heavy (non-hydrogen) atoms. The number of phenols is 1. The number of carbonyl (C=O) groups is 1. The van der Waals surface area contributed by atoms with Gasteiger partial charge in [0, 0.05) is 24.1 Å². The van der Waals surface area contributed by atoms with Crippen LogP contribution < -0.4 is 5.43 Å². The molecule has 1 aliphatic rings. The third kappa shape index (κ3) is 3.43. The van der Waals surface area contributed by atoms with Crippen LogP contribution in [-0.4, -0.2) is 62.3 Å². The van der Waals surface area contributed by atoms with Gasteiger partial charge < -0.3 is 34.7 Å². The Hall–Kier alpha value is -2.30. The quantitative estimate of drug-likeness (QED) is 0.459. The van der Waals surface area contributed by atoms with Crippen LogP contribution in [0.15, 0.2) is 21.3 Å². The summed E-state index contributed by atoms with van der Waals surface area (Å²) in [5.74, 6) is -0.425. The number of hydrogen-bond donors (Lipinski definition) is 5. The molecule has 0 aliphatic carbocycles. The van der Waals surface area contributed by atoms with Crippen LogP contribution >= 0.6 is 0 Å². The first kappa shape index (κ1) is 20.4. The minimum atomic E-state index is -1.68. The smallest absolute Gasteiger partial charge is 0.193 e. The Balaban J connectivity index is 2.29. The lowest BCUT2D eigenvalue weighted by Gasteiger charge is -2.41. The highest BCUT2D eigenvalue weighted by Crippen LogP contribution is 2.41. The van der Waals surface area contributed by atoms with Crippen molar-refractivity contribution in [3.8, 4) is 5.75 Å². The van der Waals surface area contributed by atoms with Gasteiger partial charge in [-0.05, 0) is 19.4 Å². The summed E-state index contributed by atoms with van der Waals surface area (Å²) in [6.07, 6.45) is -7.80. The number of Topliss-reactive ketones (excluding diaryl/α,β-unsaturated/α-hetero) is 1. The van der Waals surface area contributed by atoms with Gasteiger partial charge >= 0.3 is 0 Å². The maximum Gasteiger partial charge on any atom is 0.193 e. The number of ketones is 1. The zero-order valence-electron chi connectivity index (χ0n) is 15.3. The van der Waals surface area contributed by atoms with Crippen molar-refractivity contribution in [2.45, 2.75) is 50.8 Å². The molecule has 5 N–H and O–H groups in total. The molecular formula is C19H22O9. The van der Waals surface area contributed by atoms with E-state index in [-0.39, 0.29) is 34.3 Å². The molecule has 9 nitrogen and oxygen atoms in total. The number of carbonyl (C=O) groups excluding carboxylic acids is 1. The van der Waals surface area contributed by atoms with E-state index in [0.717, 1.165) is 0 Å². The van der Waals surface area contributed by atoms with Gasteiger partial charge in [-0.25, -0.2) is 0 Å². The molecule has 152 valence electrons. The van der Waals surface area contributed by atoms with Crippen molar-refractivity contribution in [1.29, 1.82) is 0 Å². The molecule has 1 fully saturated rings. The second-order valence-electron chi connectivity index (χ2n) is 7.01. The van der Waals surface area contributed by atoms with Crippen molar-refractivity contribution in [1.82, 2.24) is 0 Å². The van der Waals surface area contributed by atoms with Gasteiger partial charge in [-0.3, -0.25) is 9.59 Å². The molecule has 0 amide bonds. The van der Waals surface area contributed by atoms with Gasteiger partial charge in [0.2, 0.25) is 0 Å². The van der Waals surface area contributed by atoms with Crippen molar-refractivity contribution in [2.24, 2.45) is 0 Å². The molecule has 9 heteroatoms. The van der Waals surface area contributed by atoms with Gasteiger partial charge in [-0.2, -0.15) is 0 Å². The van der Waals surface area contributed by atoms with Crippen LogP contribution in [-0.2, 0) is 16.0 Å². The fourth-order valence-electron chi connectivity index (χ4n) is 3.61. The number of benzene rings is 1. The normalized spacial score (nSPS) is 27.9. The van der Waals surface area contributed by atoms with Crippen LogP contribution in [0.1, 0.15) is 29.9 Å². The molecule has 1 aliphatic heterocycles. The monoisotopic (exact) mass is 394 g/mol. The second-order valence-corrected chi connectivity index (χ2v) is 7.01. The van der Waals surface area contributed by atoms with Crippen LogP contribution in [0.5, 0.6) is 5.75 Å². The summed E-state index contributed by atoms with van der Waals surface area (Å²) in [5, 5.41) is 50.5. The van der Waals surface area contributed by atoms with Crippen molar-refractivity contribution >= 4 is 16.8 Å². The Bertz CT molecular complexity index is 962. The van der Waals surface area contributed by atoms with Crippen LogP contribution in [0.3, 0.4) is 0 Å². The van der Waals surface area contributed by atoms with E-state index in [1.807, 2.05) is 0 Å². The maximum absolute atomic E-state index is 12.6. The lowest BCUT2D eigenvalue weighted by atomic mass is 9.86. The second kappa shape index (κ2) is 7.61. The first-order chi connectivity index (χ1) is 13.1. The molecule has 1 aromatic carbocycles. The number of hydrogen-bond acceptors (Lipinski definition) is 9. The van der Waals surface area contributed by atoms with Crippen molar-refractivity contribution in [2.75, 3.05) is 6.61 Å². The molecule has 0 radical (unpaired) electrons. The van der Waals surface area contributed by atoms with E-state index in [4.69, 9.17) is 9.15 Å². The number of aliphatic hydroxyl groups is 4. The van der Waals surface area contributed by atoms with E-state index < -0.39 is 48.3 Å². The van der Waals surface area contributed by atoms with Gasteiger partial charge in [0.05, 0.1) is 12.0 Å². The topological polar surface area (TPSA) is 158 Å². The van der Waals surface area contributed by atoms with E-state index in [9.17, 15) is 35.1 Å². The van der Waals surface area contributed by atoms with Crippen molar-refractivity contribution < 1.29 is 39.5 Å². The average Bonchev–Trinajstić information content (AvgIpc) is 2.60. The fourth-order valence-corrected chi connectivity index (χ4v) is 3.61. The van der Waals surface area contributed by atoms with E-state index in [1.165, 1.54) is 19.1 Å². The first-order valence-corrected chi connectivity index (χ1v) is 8.74. The highest BCUT2D eigenvalue weighted by Gasteiger charge is 2.45.